The number of rotatable bonds is 5. The lowest BCUT2D eigenvalue weighted by molar-refractivity contribution is 0.156. The van der Waals surface area contributed by atoms with E-state index in [1.807, 2.05) is 0 Å². The minimum atomic E-state index is 0.742. The zero-order chi connectivity index (χ0) is 12.1. The molecule has 1 nitrogen and oxygen atoms in total. The van der Waals surface area contributed by atoms with Crippen molar-refractivity contribution in [3.05, 3.63) is 0 Å². The topological polar surface area (TPSA) is 12.0 Å². The van der Waals surface area contributed by atoms with Gasteiger partial charge in [-0.1, -0.05) is 47.5 Å². The van der Waals surface area contributed by atoms with Gasteiger partial charge in [-0.3, -0.25) is 0 Å². The fourth-order valence-electron chi connectivity index (χ4n) is 3.38. The minimum absolute atomic E-state index is 0.742. The monoisotopic (exact) mass is 225 g/mol. The molecule has 16 heavy (non-hydrogen) atoms. The predicted octanol–water partition coefficient (Wildman–Crippen LogP) is 4.08. The van der Waals surface area contributed by atoms with Crippen LogP contribution in [0.1, 0.15) is 60.3 Å². The molecule has 1 heteroatoms. The van der Waals surface area contributed by atoms with E-state index in [0.717, 1.165) is 36.3 Å². The smallest absolute Gasteiger partial charge is 0.0118 e. The van der Waals surface area contributed by atoms with Crippen molar-refractivity contribution in [3.8, 4) is 0 Å². The van der Waals surface area contributed by atoms with Crippen LogP contribution >= 0.6 is 0 Å². The lowest BCUT2D eigenvalue weighted by Crippen LogP contribution is -2.42. The highest BCUT2D eigenvalue weighted by molar-refractivity contribution is 4.85. The van der Waals surface area contributed by atoms with Crippen molar-refractivity contribution in [3.63, 3.8) is 0 Å². The molecule has 96 valence electrons. The maximum absolute atomic E-state index is 3.71. The summed E-state index contributed by atoms with van der Waals surface area (Å²) in [6.07, 6.45) is 5.81. The summed E-state index contributed by atoms with van der Waals surface area (Å²) in [5, 5.41) is 3.71. The molecule has 1 N–H and O–H groups in total. The molecule has 0 aliphatic heterocycles. The van der Waals surface area contributed by atoms with Gasteiger partial charge in [0, 0.05) is 6.04 Å². The summed E-state index contributed by atoms with van der Waals surface area (Å²) in [7, 11) is 0. The van der Waals surface area contributed by atoms with Gasteiger partial charge in [-0.25, -0.2) is 0 Å². The second kappa shape index (κ2) is 6.64. The number of nitrogens with one attached hydrogen (secondary N) is 1. The van der Waals surface area contributed by atoms with Crippen molar-refractivity contribution in [1.29, 1.82) is 0 Å². The summed E-state index contributed by atoms with van der Waals surface area (Å²) < 4.78 is 0. The van der Waals surface area contributed by atoms with Gasteiger partial charge >= 0.3 is 0 Å². The third kappa shape index (κ3) is 3.76. The van der Waals surface area contributed by atoms with E-state index in [1.165, 1.54) is 25.7 Å². The largest absolute Gasteiger partial charge is 0.314 e. The van der Waals surface area contributed by atoms with Gasteiger partial charge in [-0.2, -0.15) is 0 Å². The van der Waals surface area contributed by atoms with Crippen molar-refractivity contribution in [1.82, 2.24) is 5.32 Å². The molecule has 0 amide bonds. The Hall–Kier alpha value is -0.0400. The first-order chi connectivity index (χ1) is 7.56. The van der Waals surface area contributed by atoms with Crippen LogP contribution in [0, 0.1) is 23.7 Å². The van der Waals surface area contributed by atoms with Crippen LogP contribution in [0.4, 0.5) is 0 Å². The maximum atomic E-state index is 3.71. The Morgan fingerprint density at radius 3 is 2.19 bits per heavy atom. The normalized spacial score (nSPS) is 28.7. The molecule has 0 heterocycles. The lowest BCUT2D eigenvalue weighted by Gasteiger charge is -2.38. The summed E-state index contributed by atoms with van der Waals surface area (Å²) in [6.45, 7) is 12.9. The van der Waals surface area contributed by atoms with Gasteiger partial charge in [0.25, 0.3) is 0 Å². The molecule has 1 fully saturated rings. The Bertz CT molecular complexity index is 186. The highest BCUT2D eigenvalue weighted by atomic mass is 14.9. The number of hydrogen-bond acceptors (Lipinski definition) is 1. The van der Waals surface area contributed by atoms with E-state index in [9.17, 15) is 0 Å². The lowest BCUT2D eigenvalue weighted by atomic mass is 9.71. The van der Waals surface area contributed by atoms with E-state index in [1.54, 1.807) is 0 Å². The molecule has 1 rings (SSSR count). The quantitative estimate of drug-likeness (QED) is 0.743. The predicted molar refractivity (Wildman–Crippen MR) is 72.6 cm³/mol. The Morgan fingerprint density at radius 1 is 1.06 bits per heavy atom. The zero-order valence-electron chi connectivity index (χ0n) is 11.9. The van der Waals surface area contributed by atoms with Crippen LogP contribution in [0.15, 0.2) is 0 Å². The molecule has 3 unspecified atom stereocenters. The van der Waals surface area contributed by atoms with Crippen LogP contribution in [0.2, 0.25) is 0 Å². The summed E-state index contributed by atoms with van der Waals surface area (Å²) in [5.41, 5.74) is 0. The van der Waals surface area contributed by atoms with Crippen LogP contribution < -0.4 is 5.32 Å². The van der Waals surface area contributed by atoms with Gasteiger partial charge < -0.3 is 5.32 Å². The van der Waals surface area contributed by atoms with E-state index in [-0.39, 0.29) is 0 Å². The van der Waals surface area contributed by atoms with Crippen molar-refractivity contribution in [2.75, 3.05) is 6.54 Å². The second-order valence-electron chi connectivity index (χ2n) is 6.26. The molecule has 0 aromatic rings. The molecule has 0 aromatic heterocycles. The van der Waals surface area contributed by atoms with Gasteiger partial charge in [0.15, 0.2) is 0 Å². The van der Waals surface area contributed by atoms with Crippen molar-refractivity contribution >= 4 is 0 Å². The minimum Gasteiger partial charge on any atom is -0.314 e. The third-order valence-electron chi connectivity index (χ3n) is 4.36. The van der Waals surface area contributed by atoms with Gasteiger partial charge in [0.2, 0.25) is 0 Å². The third-order valence-corrected chi connectivity index (χ3v) is 4.36. The molecule has 1 aliphatic rings. The Kier molecular flexibility index (Phi) is 5.82. The average Bonchev–Trinajstić information content (AvgIpc) is 2.25. The first-order valence-electron chi connectivity index (χ1n) is 7.29. The second-order valence-corrected chi connectivity index (χ2v) is 6.26. The highest BCUT2D eigenvalue weighted by Crippen LogP contribution is 2.36. The first-order valence-corrected chi connectivity index (χ1v) is 7.29. The Morgan fingerprint density at radius 2 is 1.69 bits per heavy atom. The molecule has 0 spiro atoms. The molecule has 0 aromatic carbocycles. The molecular formula is C15H31N. The van der Waals surface area contributed by atoms with Crippen molar-refractivity contribution in [2.24, 2.45) is 23.7 Å². The van der Waals surface area contributed by atoms with Gasteiger partial charge in [-0.05, 0) is 43.1 Å². The molecule has 1 saturated carbocycles. The van der Waals surface area contributed by atoms with Crippen molar-refractivity contribution in [2.45, 2.75) is 66.3 Å². The Balaban J connectivity index is 2.55. The van der Waals surface area contributed by atoms with Gasteiger partial charge in [-0.15, -0.1) is 0 Å². The number of hydrogen-bond donors (Lipinski definition) is 1. The SMILES string of the molecule is CCNC(C(C)C)C1CCCC(C(C)C)C1. The summed E-state index contributed by atoms with van der Waals surface area (Å²) in [5.74, 6) is 3.54. The zero-order valence-corrected chi connectivity index (χ0v) is 11.9. The van der Waals surface area contributed by atoms with E-state index in [0.29, 0.717) is 0 Å². The Labute approximate surface area is 102 Å². The average molecular weight is 225 g/mol. The maximum Gasteiger partial charge on any atom is 0.0118 e. The van der Waals surface area contributed by atoms with Crippen LogP contribution in [0.5, 0.6) is 0 Å². The standard InChI is InChI=1S/C15H31N/c1-6-16-15(12(4)5)14-9-7-8-13(10-14)11(2)3/h11-16H,6-10H2,1-5H3. The van der Waals surface area contributed by atoms with E-state index < -0.39 is 0 Å². The van der Waals surface area contributed by atoms with Gasteiger partial charge in [0.05, 0.1) is 0 Å². The molecule has 0 radical (unpaired) electrons. The van der Waals surface area contributed by atoms with Crippen molar-refractivity contribution < 1.29 is 0 Å². The summed E-state index contributed by atoms with van der Waals surface area (Å²) in [6, 6.07) is 0.742. The summed E-state index contributed by atoms with van der Waals surface area (Å²) >= 11 is 0. The van der Waals surface area contributed by atoms with E-state index >= 15 is 0 Å². The molecule has 0 bridgehead atoms. The molecule has 1 aliphatic carbocycles. The van der Waals surface area contributed by atoms with E-state index in [4.69, 9.17) is 0 Å². The summed E-state index contributed by atoms with van der Waals surface area (Å²) in [4.78, 5) is 0. The highest BCUT2D eigenvalue weighted by Gasteiger charge is 2.30. The fourth-order valence-corrected chi connectivity index (χ4v) is 3.38. The first kappa shape index (κ1) is 14.0. The van der Waals surface area contributed by atoms with Crippen LogP contribution in [-0.4, -0.2) is 12.6 Å². The van der Waals surface area contributed by atoms with Crippen LogP contribution in [0.25, 0.3) is 0 Å². The fraction of sp³-hybridized carbons (Fsp3) is 1.00. The molecule has 3 atom stereocenters. The van der Waals surface area contributed by atoms with Gasteiger partial charge in [0.1, 0.15) is 0 Å². The van der Waals surface area contributed by atoms with E-state index in [2.05, 4.69) is 39.9 Å². The van der Waals surface area contributed by atoms with Crippen LogP contribution in [-0.2, 0) is 0 Å². The molecular weight excluding hydrogens is 194 g/mol. The van der Waals surface area contributed by atoms with Crippen LogP contribution in [0.3, 0.4) is 0 Å². The molecule has 0 saturated heterocycles.